The Labute approximate surface area is 156 Å². The Morgan fingerprint density at radius 2 is 1.73 bits per heavy atom. The van der Waals surface area contributed by atoms with Gasteiger partial charge in [0, 0.05) is 38.4 Å². The molecular weight excluding hydrogens is 330 g/mol. The van der Waals surface area contributed by atoms with E-state index in [1.807, 2.05) is 24.3 Å². The molecule has 1 aliphatic rings. The average Bonchev–Trinajstić information content (AvgIpc) is 2.67. The van der Waals surface area contributed by atoms with E-state index in [2.05, 4.69) is 17.1 Å². The smallest absolute Gasteiger partial charge is 0.237 e. The van der Waals surface area contributed by atoms with Crippen molar-refractivity contribution in [3.05, 3.63) is 24.3 Å². The second kappa shape index (κ2) is 8.92. The van der Waals surface area contributed by atoms with Crippen molar-refractivity contribution < 1.29 is 14.3 Å². The molecule has 1 fully saturated rings. The van der Waals surface area contributed by atoms with Crippen molar-refractivity contribution in [1.82, 2.24) is 10.2 Å². The first kappa shape index (κ1) is 20.1. The quantitative estimate of drug-likeness (QED) is 0.598. The molecule has 26 heavy (non-hydrogen) atoms. The summed E-state index contributed by atoms with van der Waals surface area (Å²) in [5, 5.41) is 2.88. The van der Waals surface area contributed by atoms with Crippen LogP contribution in [-0.4, -0.2) is 56.5 Å². The van der Waals surface area contributed by atoms with Gasteiger partial charge in [-0.05, 0) is 44.5 Å². The van der Waals surface area contributed by atoms with Crippen LogP contribution in [0.15, 0.2) is 24.3 Å². The summed E-state index contributed by atoms with van der Waals surface area (Å²) >= 11 is 0. The maximum Gasteiger partial charge on any atom is 0.237 e. The summed E-state index contributed by atoms with van der Waals surface area (Å²) in [6, 6.07) is 7.94. The van der Waals surface area contributed by atoms with Gasteiger partial charge in [-0.25, -0.2) is 0 Å². The molecule has 0 bridgehead atoms. The second-order valence-corrected chi connectivity index (χ2v) is 7.21. The highest BCUT2D eigenvalue weighted by molar-refractivity contribution is 6.04. The number of carbonyl (C=O) groups excluding carboxylic acids is 2. The number of ether oxygens (including phenoxy) is 1. The minimum atomic E-state index is -1.03. The van der Waals surface area contributed by atoms with E-state index >= 15 is 0 Å². The van der Waals surface area contributed by atoms with Crippen molar-refractivity contribution >= 4 is 17.5 Å². The standard InChI is InChI=1S/C20H31N3O3/c1-5-6-11-21-18(24)20(2,3)19(25)23-14-12-22(13-15-23)16-7-9-17(26-4)10-8-16/h7-10H,5-6,11-15H2,1-4H3,(H,21,24). The van der Waals surface area contributed by atoms with Crippen LogP contribution in [0.5, 0.6) is 5.75 Å². The van der Waals surface area contributed by atoms with E-state index in [-0.39, 0.29) is 11.8 Å². The van der Waals surface area contributed by atoms with Crippen molar-refractivity contribution in [2.75, 3.05) is 44.7 Å². The molecule has 1 N–H and O–H groups in total. The number of unbranched alkanes of at least 4 members (excludes halogenated alkanes) is 1. The lowest BCUT2D eigenvalue weighted by Gasteiger charge is -2.39. The van der Waals surface area contributed by atoms with Gasteiger partial charge in [0.25, 0.3) is 0 Å². The molecule has 1 heterocycles. The topological polar surface area (TPSA) is 61.9 Å². The Hall–Kier alpha value is -2.24. The van der Waals surface area contributed by atoms with Gasteiger partial charge in [-0.15, -0.1) is 0 Å². The van der Waals surface area contributed by atoms with E-state index in [9.17, 15) is 9.59 Å². The molecule has 1 aromatic carbocycles. The third-order valence-electron chi connectivity index (χ3n) is 4.92. The fraction of sp³-hybridized carbons (Fsp3) is 0.600. The maximum absolute atomic E-state index is 12.9. The Kier molecular flexibility index (Phi) is 6.89. The third kappa shape index (κ3) is 4.68. The van der Waals surface area contributed by atoms with Crippen LogP contribution >= 0.6 is 0 Å². The number of benzene rings is 1. The zero-order valence-corrected chi connectivity index (χ0v) is 16.4. The molecule has 6 nitrogen and oxygen atoms in total. The van der Waals surface area contributed by atoms with Crippen LogP contribution in [0.25, 0.3) is 0 Å². The van der Waals surface area contributed by atoms with Gasteiger partial charge in [-0.1, -0.05) is 13.3 Å². The normalized spacial score (nSPS) is 14.9. The Bertz CT molecular complexity index is 605. The third-order valence-corrected chi connectivity index (χ3v) is 4.92. The lowest BCUT2D eigenvalue weighted by Crippen LogP contribution is -2.55. The van der Waals surface area contributed by atoms with Gasteiger partial charge >= 0.3 is 0 Å². The largest absolute Gasteiger partial charge is 0.497 e. The van der Waals surface area contributed by atoms with Gasteiger partial charge in [0.15, 0.2) is 0 Å². The SMILES string of the molecule is CCCCNC(=O)C(C)(C)C(=O)N1CCN(c2ccc(OC)cc2)CC1. The fourth-order valence-electron chi connectivity index (χ4n) is 3.05. The van der Waals surface area contributed by atoms with Crippen LogP contribution in [0.1, 0.15) is 33.6 Å². The number of methoxy groups -OCH3 is 1. The number of amides is 2. The van der Waals surface area contributed by atoms with E-state index in [1.165, 1.54) is 0 Å². The van der Waals surface area contributed by atoms with Crippen LogP contribution in [0.4, 0.5) is 5.69 Å². The minimum Gasteiger partial charge on any atom is -0.497 e. The van der Waals surface area contributed by atoms with Gasteiger partial charge in [-0.2, -0.15) is 0 Å². The van der Waals surface area contributed by atoms with Crippen LogP contribution < -0.4 is 15.0 Å². The Balaban J connectivity index is 1.91. The van der Waals surface area contributed by atoms with Gasteiger partial charge < -0.3 is 19.9 Å². The number of rotatable bonds is 7. The molecule has 0 aromatic heterocycles. The number of nitrogens with zero attached hydrogens (tertiary/aromatic N) is 2. The first-order chi connectivity index (χ1) is 12.4. The number of piperazine rings is 1. The zero-order valence-electron chi connectivity index (χ0n) is 16.4. The van der Waals surface area contributed by atoms with Gasteiger partial charge in [-0.3, -0.25) is 9.59 Å². The lowest BCUT2D eigenvalue weighted by atomic mass is 9.90. The summed E-state index contributed by atoms with van der Waals surface area (Å²) < 4.78 is 5.19. The van der Waals surface area contributed by atoms with E-state index in [0.29, 0.717) is 19.6 Å². The number of nitrogens with one attached hydrogen (secondary N) is 1. The van der Waals surface area contributed by atoms with Crippen LogP contribution in [0.3, 0.4) is 0 Å². The van der Waals surface area contributed by atoms with Crippen molar-refractivity contribution in [2.45, 2.75) is 33.6 Å². The summed E-state index contributed by atoms with van der Waals surface area (Å²) in [5.41, 5.74) is 0.0882. The first-order valence-electron chi connectivity index (χ1n) is 9.36. The summed E-state index contributed by atoms with van der Waals surface area (Å²) in [7, 11) is 1.65. The molecule has 0 spiro atoms. The Morgan fingerprint density at radius 3 is 2.27 bits per heavy atom. The van der Waals surface area contributed by atoms with Crippen molar-refractivity contribution in [3.63, 3.8) is 0 Å². The van der Waals surface area contributed by atoms with Gasteiger partial charge in [0.1, 0.15) is 11.2 Å². The number of hydrogen-bond acceptors (Lipinski definition) is 4. The zero-order chi connectivity index (χ0) is 19.2. The summed E-state index contributed by atoms with van der Waals surface area (Å²) in [6.07, 6.45) is 1.94. The van der Waals surface area contributed by atoms with Gasteiger partial charge in [0.2, 0.25) is 11.8 Å². The highest BCUT2D eigenvalue weighted by Crippen LogP contribution is 2.24. The average molecular weight is 361 g/mol. The highest BCUT2D eigenvalue weighted by Gasteiger charge is 2.39. The van der Waals surface area contributed by atoms with Crippen molar-refractivity contribution in [1.29, 1.82) is 0 Å². The molecule has 2 rings (SSSR count). The number of anilines is 1. The molecule has 1 aromatic rings. The molecule has 0 saturated carbocycles. The molecule has 1 saturated heterocycles. The molecule has 0 atom stereocenters. The molecule has 0 radical (unpaired) electrons. The molecule has 0 aliphatic carbocycles. The summed E-state index contributed by atoms with van der Waals surface area (Å²) in [4.78, 5) is 29.3. The number of carbonyl (C=O) groups is 2. The van der Waals surface area contributed by atoms with Crippen LogP contribution in [0.2, 0.25) is 0 Å². The molecule has 0 unspecified atom stereocenters. The van der Waals surface area contributed by atoms with Crippen LogP contribution in [-0.2, 0) is 9.59 Å². The monoisotopic (exact) mass is 361 g/mol. The Morgan fingerprint density at radius 1 is 1.12 bits per heavy atom. The molecule has 1 aliphatic heterocycles. The fourth-order valence-corrected chi connectivity index (χ4v) is 3.05. The van der Waals surface area contributed by atoms with E-state index in [1.54, 1.807) is 25.9 Å². The second-order valence-electron chi connectivity index (χ2n) is 7.21. The van der Waals surface area contributed by atoms with E-state index < -0.39 is 5.41 Å². The molecule has 2 amide bonds. The summed E-state index contributed by atoms with van der Waals surface area (Å²) in [6.45, 7) is 8.88. The van der Waals surface area contributed by atoms with E-state index in [0.717, 1.165) is 37.4 Å². The predicted molar refractivity (Wildman–Crippen MR) is 103 cm³/mol. The highest BCUT2D eigenvalue weighted by atomic mass is 16.5. The van der Waals surface area contributed by atoms with Crippen molar-refractivity contribution in [2.24, 2.45) is 5.41 Å². The maximum atomic E-state index is 12.9. The van der Waals surface area contributed by atoms with E-state index in [4.69, 9.17) is 4.74 Å². The number of hydrogen-bond donors (Lipinski definition) is 1. The predicted octanol–water partition coefficient (Wildman–Crippen LogP) is 2.29. The van der Waals surface area contributed by atoms with Gasteiger partial charge in [0.05, 0.1) is 7.11 Å². The molecule has 144 valence electrons. The lowest BCUT2D eigenvalue weighted by molar-refractivity contribution is -0.148. The minimum absolute atomic E-state index is 0.0964. The summed E-state index contributed by atoms with van der Waals surface area (Å²) in [5.74, 6) is 0.549. The molecular formula is C20H31N3O3. The first-order valence-corrected chi connectivity index (χ1v) is 9.36. The molecule has 6 heteroatoms. The van der Waals surface area contributed by atoms with Crippen LogP contribution in [0, 0.1) is 5.41 Å². The van der Waals surface area contributed by atoms with Crippen molar-refractivity contribution in [3.8, 4) is 5.75 Å².